The van der Waals surface area contributed by atoms with E-state index in [4.69, 9.17) is 0 Å². The van der Waals surface area contributed by atoms with E-state index in [9.17, 15) is 9.59 Å². The van der Waals surface area contributed by atoms with Crippen LogP contribution in [0.1, 0.15) is 39.5 Å². The molecule has 1 amide bonds. The van der Waals surface area contributed by atoms with Crippen molar-refractivity contribution in [3.8, 4) is 0 Å². The van der Waals surface area contributed by atoms with Gasteiger partial charge in [0.2, 0.25) is 5.91 Å². The highest BCUT2D eigenvalue weighted by Crippen LogP contribution is 2.30. The standard InChI is InChI=1S/C12H19NO2/c1-8-3-4-10(14)7-11(8)13-6-5-9(2)12(13)15/h8-9,11H,3-7H2,1-2H3. The largest absolute Gasteiger partial charge is 0.339 e. The van der Waals surface area contributed by atoms with E-state index >= 15 is 0 Å². The van der Waals surface area contributed by atoms with Crippen LogP contribution in [-0.4, -0.2) is 29.2 Å². The lowest BCUT2D eigenvalue weighted by molar-refractivity contribution is -0.135. The molecule has 0 radical (unpaired) electrons. The van der Waals surface area contributed by atoms with E-state index in [-0.39, 0.29) is 17.9 Å². The third-order valence-electron chi connectivity index (χ3n) is 3.88. The first kappa shape index (κ1) is 10.7. The first-order valence-electron chi connectivity index (χ1n) is 5.91. The van der Waals surface area contributed by atoms with Crippen molar-refractivity contribution in [2.45, 2.75) is 45.6 Å². The quantitative estimate of drug-likeness (QED) is 0.658. The minimum absolute atomic E-state index is 0.161. The SMILES string of the molecule is CC1CCN(C2CC(=O)CCC2C)C1=O. The number of amides is 1. The molecular formula is C12H19NO2. The number of likely N-dealkylation sites (tertiary alicyclic amines) is 1. The van der Waals surface area contributed by atoms with Crippen LogP contribution >= 0.6 is 0 Å². The van der Waals surface area contributed by atoms with E-state index in [1.165, 1.54) is 0 Å². The van der Waals surface area contributed by atoms with Gasteiger partial charge in [0.1, 0.15) is 5.78 Å². The van der Waals surface area contributed by atoms with E-state index in [2.05, 4.69) is 6.92 Å². The van der Waals surface area contributed by atoms with Crippen LogP contribution in [0.2, 0.25) is 0 Å². The molecule has 1 aliphatic heterocycles. The van der Waals surface area contributed by atoms with Gasteiger partial charge in [0, 0.05) is 31.3 Å². The molecule has 1 heterocycles. The van der Waals surface area contributed by atoms with Crippen LogP contribution < -0.4 is 0 Å². The van der Waals surface area contributed by atoms with Gasteiger partial charge in [-0.1, -0.05) is 13.8 Å². The highest BCUT2D eigenvalue weighted by Gasteiger charge is 2.38. The lowest BCUT2D eigenvalue weighted by Crippen LogP contribution is -2.45. The minimum Gasteiger partial charge on any atom is -0.339 e. The summed E-state index contributed by atoms with van der Waals surface area (Å²) in [6, 6.07) is 0.184. The summed E-state index contributed by atoms with van der Waals surface area (Å²) >= 11 is 0. The zero-order valence-electron chi connectivity index (χ0n) is 9.53. The molecule has 2 fully saturated rings. The van der Waals surface area contributed by atoms with Gasteiger partial charge in [-0.15, -0.1) is 0 Å². The number of rotatable bonds is 1. The number of Topliss-reactive ketones (excluding diaryl/α,β-unsaturated/α-hetero) is 1. The average molecular weight is 209 g/mol. The Bertz CT molecular complexity index is 287. The number of nitrogens with zero attached hydrogens (tertiary/aromatic N) is 1. The van der Waals surface area contributed by atoms with E-state index in [0.29, 0.717) is 24.5 Å². The van der Waals surface area contributed by atoms with Crippen molar-refractivity contribution in [2.24, 2.45) is 11.8 Å². The molecule has 1 saturated heterocycles. The first-order valence-corrected chi connectivity index (χ1v) is 5.91. The van der Waals surface area contributed by atoms with Gasteiger partial charge in [-0.2, -0.15) is 0 Å². The molecule has 0 aromatic heterocycles. The van der Waals surface area contributed by atoms with Crippen molar-refractivity contribution >= 4 is 11.7 Å². The summed E-state index contributed by atoms with van der Waals surface area (Å²) in [6.07, 6.45) is 3.19. The monoisotopic (exact) mass is 209 g/mol. The van der Waals surface area contributed by atoms with Crippen molar-refractivity contribution in [1.82, 2.24) is 4.90 Å². The zero-order chi connectivity index (χ0) is 11.0. The van der Waals surface area contributed by atoms with Gasteiger partial charge in [-0.05, 0) is 18.8 Å². The Balaban J connectivity index is 2.08. The van der Waals surface area contributed by atoms with E-state index in [0.717, 1.165) is 19.4 Å². The van der Waals surface area contributed by atoms with E-state index in [1.807, 2.05) is 11.8 Å². The molecule has 3 unspecified atom stereocenters. The molecule has 2 rings (SSSR count). The van der Waals surface area contributed by atoms with Crippen LogP contribution in [-0.2, 0) is 9.59 Å². The fraction of sp³-hybridized carbons (Fsp3) is 0.833. The van der Waals surface area contributed by atoms with Crippen LogP contribution in [0.4, 0.5) is 0 Å². The predicted octanol–water partition coefficient (Wildman–Crippen LogP) is 1.61. The molecule has 0 aromatic rings. The summed E-state index contributed by atoms with van der Waals surface area (Å²) in [4.78, 5) is 25.2. The van der Waals surface area contributed by atoms with Gasteiger partial charge in [-0.25, -0.2) is 0 Å². The molecule has 1 aliphatic carbocycles. The van der Waals surface area contributed by atoms with Gasteiger partial charge in [0.15, 0.2) is 0 Å². The lowest BCUT2D eigenvalue weighted by Gasteiger charge is -2.35. The number of carbonyl (C=O) groups excluding carboxylic acids is 2. The first-order chi connectivity index (χ1) is 7.09. The molecule has 2 aliphatic rings. The van der Waals surface area contributed by atoms with Gasteiger partial charge in [0.25, 0.3) is 0 Å². The third kappa shape index (κ3) is 1.92. The summed E-state index contributed by atoms with van der Waals surface area (Å²) in [5.74, 6) is 1.22. The third-order valence-corrected chi connectivity index (χ3v) is 3.88. The maximum absolute atomic E-state index is 11.9. The summed E-state index contributed by atoms with van der Waals surface area (Å²) in [5.41, 5.74) is 0. The topological polar surface area (TPSA) is 37.4 Å². The number of carbonyl (C=O) groups is 2. The van der Waals surface area contributed by atoms with Crippen molar-refractivity contribution in [3.05, 3.63) is 0 Å². The second-order valence-corrected chi connectivity index (χ2v) is 5.05. The summed E-state index contributed by atoms with van der Waals surface area (Å²) in [7, 11) is 0. The molecule has 0 aromatic carbocycles. The second kappa shape index (κ2) is 3.95. The summed E-state index contributed by atoms with van der Waals surface area (Å²) in [5, 5.41) is 0. The molecular weight excluding hydrogens is 190 g/mol. The highest BCUT2D eigenvalue weighted by molar-refractivity contribution is 5.84. The van der Waals surface area contributed by atoms with Crippen LogP contribution in [0, 0.1) is 11.8 Å². The zero-order valence-corrected chi connectivity index (χ0v) is 9.53. The van der Waals surface area contributed by atoms with Gasteiger partial charge in [0.05, 0.1) is 0 Å². The van der Waals surface area contributed by atoms with Crippen molar-refractivity contribution < 1.29 is 9.59 Å². The van der Waals surface area contributed by atoms with Gasteiger partial charge < -0.3 is 4.90 Å². The average Bonchev–Trinajstić information content (AvgIpc) is 2.52. The van der Waals surface area contributed by atoms with Gasteiger partial charge in [-0.3, -0.25) is 9.59 Å². The predicted molar refractivity (Wildman–Crippen MR) is 57.3 cm³/mol. The Morgan fingerprint density at radius 1 is 1.20 bits per heavy atom. The molecule has 15 heavy (non-hydrogen) atoms. The fourth-order valence-corrected chi connectivity index (χ4v) is 2.71. The molecule has 84 valence electrons. The molecule has 1 saturated carbocycles. The number of hydrogen-bond acceptors (Lipinski definition) is 2. The molecule has 0 N–H and O–H groups in total. The smallest absolute Gasteiger partial charge is 0.225 e. The van der Waals surface area contributed by atoms with Crippen LogP contribution in [0.5, 0.6) is 0 Å². The maximum Gasteiger partial charge on any atom is 0.225 e. The normalized spacial score (nSPS) is 37.5. The van der Waals surface area contributed by atoms with Crippen LogP contribution in [0.15, 0.2) is 0 Å². The van der Waals surface area contributed by atoms with Crippen LogP contribution in [0.3, 0.4) is 0 Å². The number of ketones is 1. The molecule has 3 atom stereocenters. The highest BCUT2D eigenvalue weighted by atomic mass is 16.2. The van der Waals surface area contributed by atoms with Crippen molar-refractivity contribution in [3.63, 3.8) is 0 Å². The summed E-state index contributed by atoms with van der Waals surface area (Å²) in [6.45, 7) is 4.99. The Hall–Kier alpha value is -0.860. The number of hydrogen-bond donors (Lipinski definition) is 0. The molecule has 0 bridgehead atoms. The fourth-order valence-electron chi connectivity index (χ4n) is 2.71. The van der Waals surface area contributed by atoms with Crippen molar-refractivity contribution in [2.75, 3.05) is 6.54 Å². The molecule has 3 heteroatoms. The Labute approximate surface area is 90.8 Å². The second-order valence-electron chi connectivity index (χ2n) is 5.05. The maximum atomic E-state index is 11.9. The van der Waals surface area contributed by atoms with E-state index < -0.39 is 0 Å². The van der Waals surface area contributed by atoms with Gasteiger partial charge >= 0.3 is 0 Å². The van der Waals surface area contributed by atoms with E-state index in [1.54, 1.807) is 0 Å². The minimum atomic E-state index is 0.161. The lowest BCUT2D eigenvalue weighted by atomic mass is 9.84. The van der Waals surface area contributed by atoms with Crippen LogP contribution in [0.25, 0.3) is 0 Å². The Morgan fingerprint density at radius 3 is 2.53 bits per heavy atom. The summed E-state index contributed by atoms with van der Waals surface area (Å²) < 4.78 is 0. The Kier molecular flexibility index (Phi) is 2.81. The molecule has 3 nitrogen and oxygen atoms in total. The Morgan fingerprint density at radius 2 is 1.93 bits per heavy atom. The molecule has 0 spiro atoms. The van der Waals surface area contributed by atoms with Crippen molar-refractivity contribution in [1.29, 1.82) is 0 Å².